The van der Waals surface area contributed by atoms with Gasteiger partial charge in [0.25, 0.3) is 0 Å². The van der Waals surface area contributed by atoms with Gasteiger partial charge in [0, 0.05) is 19.2 Å². The molecule has 86 valence electrons. The highest BCUT2D eigenvalue weighted by molar-refractivity contribution is 5.23. The molecule has 7 heteroatoms. The Labute approximate surface area is 90.9 Å². The van der Waals surface area contributed by atoms with E-state index in [1.165, 1.54) is 16.8 Å². The summed E-state index contributed by atoms with van der Waals surface area (Å²) in [5.74, 6) is 0.160. The second-order valence-electron chi connectivity index (χ2n) is 4.17. The second kappa shape index (κ2) is 3.03. The first-order chi connectivity index (χ1) is 7.60. The fraction of sp³-hybridized carbons (Fsp3) is 0.556. The van der Waals surface area contributed by atoms with Gasteiger partial charge in [0.2, 0.25) is 0 Å². The molecule has 3 heterocycles. The summed E-state index contributed by atoms with van der Waals surface area (Å²) in [5.41, 5.74) is 4.43. The third-order valence-corrected chi connectivity index (χ3v) is 2.91. The quantitative estimate of drug-likeness (QED) is 0.495. The summed E-state index contributed by atoms with van der Waals surface area (Å²) < 4.78 is 6.86. The van der Waals surface area contributed by atoms with Gasteiger partial charge in [-0.25, -0.2) is 4.79 Å². The van der Waals surface area contributed by atoms with E-state index in [0.717, 1.165) is 0 Å². The number of rotatable bonds is 1. The molecule has 3 unspecified atom stereocenters. The van der Waals surface area contributed by atoms with Crippen molar-refractivity contribution in [2.24, 2.45) is 0 Å². The average Bonchev–Trinajstić information content (AvgIpc) is 2.87. The van der Waals surface area contributed by atoms with Crippen LogP contribution in [0.2, 0.25) is 0 Å². The molecule has 1 spiro atoms. The number of nitrogen functional groups attached to an aromatic ring is 1. The van der Waals surface area contributed by atoms with Crippen LogP contribution in [0.4, 0.5) is 5.82 Å². The van der Waals surface area contributed by atoms with E-state index in [-0.39, 0.29) is 5.82 Å². The molecular weight excluding hydrogens is 212 g/mol. The van der Waals surface area contributed by atoms with Gasteiger partial charge in [-0.05, 0) is 6.07 Å². The summed E-state index contributed by atoms with van der Waals surface area (Å²) in [6.07, 6.45) is 0.572. The van der Waals surface area contributed by atoms with Gasteiger partial charge in [-0.15, -0.1) is 0 Å². The van der Waals surface area contributed by atoms with Gasteiger partial charge in [-0.1, -0.05) is 0 Å². The summed E-state index contributed by atoms with van der Waals surface area (Å²) in [7, 11) is 0. The molecule has 7 nitrogen and oxygen atoms in total. The van der Waals surface area contributed by atoms with Crippen molar-refractivity contribution in [3.63, 3.8) is 0 Å². The monoisotopic (exact) mass is 224 g/mol. The molecule has 0 radical (unpaired) electrons. The summed E-state index contributed by atoms with van der Waals surface area (Å²) in [6, 6.07) is 1.50. The molecule has 0 aromatic carbocycles. The largest absolute Gasteiger partial charge is 0.388 e. The molecule has 0 bridgehead atoms. The predicted octanol–water partition coefficient (Wildman–Crippen LogP) is -1.60. The molecule has 3 rings (SSSR count). The van der Waals surface area contributed by atoms with E-state index in [4.69, 9.17) is 10.5 Å². The number of ether oxygens (including phenoxy) is 1. The van der Waals surface area contributed by atoms with E-state index in [1.807, 2.05) is 0 Å². The van der Waals surface area contributed by atoms with Crippen molar-refractivity contribution < 1.29 is 9.84 Å². The smallest absolute Gasteiger partial charge is 0.351 e. The van der Waals surface area contributed by atoms with Crippen LogP contribution in [0, 0.1) is 0 Å². The topological polar surface area (TPSA) is 112 Å². The number of aliphatic hydroxyl groups is 1. The van der Waals surface area contributed by atoms with E-state index >= 15 is 0 Å². The molecule has 16 heavy (non-hydrogen) atoms. The minimum Gasteiger partial charge on any atom is -0.388 e. The Bertz CT molecular complexity index is 482. The lowest BCUT2D eigenvalue weighted by Crippen LogP contribution is -2.32. The number of nitrogens with one attached hydrogen (secondary N) is 1. The van der Waals surface area contributed by atoms with Crippen LogP contribution in [0.1, 0.15) is 12.6 Å². The number of hydrogen-bond donors (Lipinski definition) is 3. The first-order valence-electron chi connectivity index (χ1n) is 5.05. The number of aliphatic hydroxyl groups excluding tert-OH is 1. The maximum Gasteiger partial charge on any atom is 0.351 e. The third kappa shape index (κ3) is 1.41. The van der Waals surface area contributed by atoms with Gasteiger partial charge in [0.15, 0.2) is 6.23 Å². The predicted molar refractivity (Wildman–Crippen MR) is 54.4 cm³/mol. The van der Waals surface area contributed by atoms with E-state index in [2.05, 4.69) is 10.3 Å². The molecule has 0 saturated carbocycles. The standard InChI is InChI=1S/C9H12N4O3/c10-6-1-2-13(8(15)12-6)7-5(14)3-9(16-7)4-11-9/h1-2,5,7,11,14H,3-4H2,(H2,10,12,15). The zero-order valence-electron chi connectivity index (χ0n) is 8.46. The highest BCUT2D eigenvalue weighted by Gasteiger charge is 2.54. The zero-order chi connectivity index (χ0) is 11.3. The fourth-order valence-corrected chi connectivity index (χ4v) is 1.98. The van der Waals surface area contributed by atoms with Gasteiger partial charge in [0.05, 0.1) is 0 Å². The van der Waals surface area contributed by atoms with Crippen molar-refractivity contribution in [1.29, 1.82) is 0 Å². The maximum atomic E-state index is 11.6. The minimum atomic E-state index is -0.710. The number of nitrogens with two attached hydrogens (primary N) is 1. The van der Waals surface area contributed by atoms with Crippen LogP contribution in [0.15, 0.2) is 17.1 Å². The van der Waals surface area contributed by atoms with Gasteiger partial charge in [-0.3, -0.25) is 9.88 Å². The van der Waals surface area contributed by atoms with Crippen LogP contribution in [0.3, 0.4) is 0 Å². The van der Waals surface area contributed by atoms with E-state index in [1.54, 1.807) is 0 Å². The van der Waals surface area contributed by atoms with Crippen LogP contribution in [-0.2, 0) is 4.74 Å². The number of nitrogens with zero attached hydrogens (tertiary/aromatic N) is 2. The highest BCUT2D eigenvalue weighted by atomic mass is 16.6. The van der Waals surface area contributed by atoms with Crippen molar-refractivity contribution in [3.05, 3.63) is 22.7 Å². The summed E-state index contributed by atoms with van der Waals surface area (Å²) in [4.78, 5) is 15.2. The Balaban J connectivity index is 1.95. The first-order valence-corrected chi connectivity index (χ1v) is 5.05. The van der Waals surface area contributed by atoms with Crippen LogP contribution in [-0.4, -0.2) is 33.0 Å². The molecule has 2 aliphatic heterocycles. The Morgan fingerprint density at radius 3 is 3.06 bits per heavy atom. The lowest BCUT2D eigenvalue weighted by atomic mass is 10.2. The van der Waals surface area contributed by atoms with Crippen molar-refractivity contribution >= 4 is 5.82 Å². The molecule has 2 aliphatic rings. The number of aromatic nitrogens is 2. The Hall–Kier alpha value is -1.44. The summed E-state index contributed by atoms with van der Waals surface area (Å²) in [5, 5.41) is 12.9. The summed E-state index contributed by atoms with van der Waals surface area (Å²) in [6.45, 7) is 0.706. The van der Waals surface area contributed by atoms with Gasteiger partial charge < -0.3 is 15.6 Å². The first kappa shape index (κ1) is 9.76. The van der Waals surface area contributed by atoms with Crippen LogP contribution < -0.4 is 16.7 Å². The van der Waals surface area contributed by atoms with Crippen LogP contribution in [0.25, 0.3) is 0 Å². The molecule has 2 fully saturated rings. The molecule has 3 atom stereocenters. The molecular formula is C9H12N4O3. The van der Waals surface area contributed by atoms with Crippen molar-refractivity contribution in [2.45, 2.75) is 24.5 Å². The van der Waals surface area contributed by atoms with Crippen molar-refractivity contribution in [1.82, 2.24) is 14.9 Å². The van der Waals surface area contributed by atoms with Gasteiger partial charge in [-0.2, -0.15) is 4.98 Å². The SMILES string of the molecule is Nc1ccn(C2OC3(CN3)CC2O)c(=O)n1. The van der Waals surface area contributed by atoms with Gasteiger partial charge in [0.1, 0.15) is 17.6 Å². The normalized spacial score (nSPS) is 36.8. The van der Waals surface area contributed by atoms with E-state index in [9.17, 15) is 9.90 Å². The molecule has 1 aromatic heterocycles. The third-order valence-electron chi connectivity index (χ3n) is 2.91. The lowest BCUT2D eigenvalue weighted by Gasteiger charge is -2.16. The van der Waals surface area contributed by atoms with Crippen LogP contribution in [0.5, 0.6) is 0 Å². The summed E-state index contributed by atoms with van der Waals surface area (Å²) >= 11 is 0. The zero-order valence-corrected chi connectivity index (χ0v) is 8.46. The van der Waals surface area contributed by atoms with E-state index < -0.39 is 23.7 Å². The number of anilines is 1. The molecule has 0 aliphatic carbocycles. The fourth-order valence-electron chi connectivity index (χ4n) is 1.98. The minimum absolute atomic E-state index is 0.160. The Kier molecular flexibility index (Phi) is 1.85. The second-order valence-corrected chi connectivity index (χ2v) is 4.17. The average molecular weight is 224 g/mol. The molecule has 1 aromatic rings. The molecule has 0 amide bonds. The number of hydrogen-bond acceptors (Lipinski definition) is 6. The Morgan fingerprint density at radius 2 is 2.50 bits per heavy atom. The maximum absolute atomic E-state index is 11.6. The lowest BCUT2D eigenvalue weighted by molar-refractivity contribution is -0.0506. The van der Waals surface area contributed by atoms with Crippen molar-refractivity contribution in [2.75, 3.05) is 12.3 Å². The van der Waals surface area contributed by atoms with Gasteiger partial charge >= 0.3 is 5.69 Å². The Morgan fingerprint density at radius 1 is 1.75 bits per heavy atom. The highest BCUT2D eigenvalue weighted by Crippen LogP contribution is 2.39. The van der Waals surface area contributed by atoms with E-state index in [0.29, 0.717) is 13.0 Å². The van der Waals surface area contributed by atoms with Crippen LogP contribution >= 0.6 is 0 Å². The molecule has 2 saturated heterocycles. The van der Waals surface area contributed by atoms with Crippen molar-refractivity contribution in [3.8, 4) is 0 Å². The molecule has 4 N–H and O–H groups in total.